The fraction of sp³-hybridized carbons (Fsp3) is 0.778. The van der Waals surface area contributed by atoms with Crippen LogP contribution in [0.15, 0.2) is 11.4 Å². The van der Waals surface area contributed by atoms with Crippen LogP contribution in [0.4, 0.5) is 0 Å². The molecule has 0 fully saturated rings. The Morgan fingerprint density at radius 3 is 2.77 bits per heavy atom. The van der Waals surface area contributed by atoms with Crippen molar-refractivity contribution in [3.8, 4) is 0 Å². The van der Waals surface area contributed by atoms with Gasteiger partial charge in [0.25, 0.3) is 0 Å². The van der Waals surface area contributed by atoms with Gasteiger partial charge in [0.05, 0.1) is 6.67 Å². The molecule has 0 saturated heterocycles. The Hall–Kier alpha value is -0.740. The normalized spacial score (nSPS) is 19.5. The van der Waals surface area contributed by atoms with Crippen LogP contribution >= 0.6 is 0 Å². The van der Waals surface area contributed by atoms with Crippen molar-refractivity contribution in [3.63, 3.8) is 0 Å². The third-order valence-electron chi connectivity index (χ3n) is 2.37. The zero-order chi connectivity index (χ0) is 9.84. The summed E-state index contributed by atoms with van der Waals surface area (Å²) in [7, 11) is 4.22. The van der Waals surface area contributed by atoms with Crippen molar-refractivity contribution in [2.45, 2.75) is 6.92 Å². The summed E-state index contributed by atoms with van der Waals surface area (Å²) in [6.45, 7) is 5.68. The molecule has 1 heterocycles. The third-order valence-corrected chi connectivity index (χ3v) is 2.37. The monoisotopic (exact) mass is 184 g/mol. The molecule has 0 aliphatic carbocycles. The van der Waals surface area contributed by atoms with E-state index in [2.05, 4.69) is 36.1 Å². The van der Waals surface area contributed by atoms with E-state index < -0.39 is 0 Å². The number of rotatable bonds is 3. The number of nitrogens with zero attached hydrogens (tertiary/aromatic N) is 2. The molecule has 1 aliphatic heterocycles. The highest BCUT2D eigenvalue weighted by Crippen LogP contribution is 2.12. The summed E-state index contributed by atoms with van der Waals surface area (Å²) < 4.78 is 0. The molecule has 13 heavy (non-hydrogen) atoms. The molecule has 4 heteroatoms. The minimum absolute atomic E-state index is 0.685. The van der Waals surface area contributed by atoms with Crippen LogP contribution in [-0.4, -0.2) is 50.2 Å². The molecule has 1 aliphatic rings. The van der Waals surface area contributed by atoms with Crippen LogP contribution in [0.3, 0.4) is 0 Å². The number of hydrogen-bond acceptors (Lipinski definition) is 4. The van der Waals surface area contributed by atoms with E-state index in [4.69, 9.17) is 5.73 Å². The second kappa shape index (κ2) is 4.48. The zero-order valence-corrected chi connectivity index (χ0v) is 8.80. The summed E-state index contributed by atoms with van der Waals surface area (Å²) in [5.74, 6) is 0. The van der Waals surface area contributed by atoms with E-state index in [0.717, 1.165) is 19.8 Å². The lowest BCUT2D eigenvalue weighted by atomic mass is 10.2. The average molecular weight is 184 g/mol. The molecule has 4 nitrogen and oxygen atoms in total. The van der Waals surface area contributed by atoms with Crippen molar-refractivity contribution >= 4 is 0 Å². The van der Waals surface area contributed by atoms with Gasteiger partial charge in [0, 0.05) is 38.1 Å². The highest BCUT2D eigenvalue weighted by Gasteiger charge is 2.16. The van der Waals surface area contributed by atoms with E-state index in [9.17, 15) is 0 Å². The summed E-state index contributed by atoms with van der Waals surface area (Å²) in [6.07, 6.45) is 0. The first-order chi connectivity index (χ1) is 6.15. The van der Waals surface area contributed by atoms with E-state index >= 15 is 0 Å². The Kier molecular flexibility index (Phi) is 3.57. The lowest BCUT2D eigenvalue weighted by Gasteiger charge is -2.35. The number of allylic oxidation sites excluding steroid dienone is 1. The molecule has 0 aromatic heterocycles. The number of likely N-dealkylation sites (N-methyl/N-ethyl adjacent to an activating group) is 1. The van der Waals surface area contributed by atoms with Crippen LogP contribution in [0, 0.1) is 0 Å². The smallest absolute Gasteiger partial charge is 0.0702 e. The molecule has 0 aromatic rings. The summed E-state index contributed by atoms with van der Waals surface area (Å²) in [6, 6.07) is 0. The van der Waals surface area contributed by atoms with Crippen molar-refractivity contribution in [2.24, 2.45) is 5.73 Å². The maximum absolute atomic E-state index is 5.45. The molecule has 3 N–H and O–H groups in total. The van der Waals surface area contributed by atoms with E-state index in [-0.39, 0.29) is 0 Å². The molecule has 0 atom stereocenters. The van der Waals surface area contributed by atoms with Gasteiger partial charge in [-0.25, -0.2) is 0 Å². The van der Waals surface area contributed by atoms with Gasteiger partial charge in [-0.05, 0) is 14.0 Å². The predicted octanol–water partition coefficient (Wildman–Crippen LogP) is -0.399. The van der Waals surface area contributed by atoms with Crippen molar-refractivity contribution in [3.05, 3.63) is 11.4 Å². The van der Waals surface area contributed by atoms with Gasteiger partial charge in [0.2, 0.25) is 0 Å². The van der Waals surface area contributed by atoms with Gasteiger partial charge in [-0.1, -0.05) is 0 Å². The van der Waals surface area contributed by atoms with Crippen molar-refractivity contribution in [2.75, 3.05) is 40.4 Å². The first-order valence-corrected chi connectivity index (χ1v) is 4.68. The molecule has 76 valence electrons. The van der Waals surface area contributed by atoms with Crippen LogP contribution in [0.25, 0.3) is 0 Å². The Balaban J connectivity index is 2.61. The van der Waals surface area contributed by atoms with E-state index in [1.54, 1.807) is 0 Å². The Labute approximate surface area is 80.4 Å². The number of nitrogens with one attached hydrogen (secondary N) is 1. The average Bonchev–Trinajstić information content (AvgIpc) is 2.09. The molecule has 0 unspecified atom stereocenters. The quantitative estimate of drug-likeness (QED) is 0.626. The first kappa shape index (κ1) is 10.3. The van der Waals surface area contributed by atoms with Gasteiger partial charge in [0.1, 0.15) is 0 Å². The van der Waals surface area contributed by atoms with Gasteiger partial charge in [-0.3, -0.25) is 4.90 Å². The number of hydrogen-bond donors (Lipinski definition) is 2. The molecule has 0 bridgehead atoms. The van der Waals surface area contributed by atoms with Crippen molar-refractivity contribution < 1.29 is 0 Å². The SMILES string of the molecule is CC1=C(NCCN)CN(C)CN1C. The number of nitrogens with two attached hydrogens (primary N) is 1. The minimum Gasteiger partial charge on any atom is -0.385 e. The van der Waals surface area contributed by atoms with Gasteiger partial charge in [-0.2, -0.15) is 0 Å². The maximum atomic E-state index is 5.45. The highest BCUT2D eigenvalue weighted by molar-refractivity contribution is 5.13. The molecular formula is C9H20N4. The standard InChI is InChI=1S/C9H20N4/c1-8-9(11-5-4-10)6-12(2)7-13(8)3/h11H,4-7,10H2,1-3H3. The van der Waals surface area contributed by atoms with E-state index in [1.807, 2.05) is 0 Å². The summed E-state index contributed by atoms with van der Waals surface area (Å²) in [5, 5.41) is 3.35. The van der Waals surface area contributed by atoms with Gasteiger partial charge in [0.15, 0.2) is 0 Å². The summed E-state index contributed by atoms with van der Waals surface area (Å²) >= 11 is 0. The van der Waals surface area contributed by atoms with Gasteiger partial charge < -0.3 is 16.0 Å². The van der Waals surface area contributed by atoms with E-state index in [1.165, 1.54) is 11.4 Å². The fourth-order valence-electron chi connectivity index (χ4n) is 1.54. The fourth-order valence-corrected chi connectivity index (χ4v) is 1.54. The van der Waals surface area contributed by atoms with Gasteiger partial charge >= 0.3 is 0 Å². The van der Waals surface area contributed by atoms with Crippen LogP contribution in [0.1, 0.15) is 6.92 Å². The van der Waals surface area contributed by atoms with Crippen LogP contribution in [0.5, 0.6) is 0 Å². The second-order valence-corrected chi connectivity index (χ2v) is 3.63. The highest BCUT2D eigenvalue weighted by atomic mass is 15.3. The predicted molar refractivity (Wildman–Crippen MR) is 55.0 cm³/mol. The van der Waals surface area contributed by atoms with Crippen LogP contribution < -0.4 is 11.1 Å². The molecule has 0 aromatic carbocycles. The summed E-state index contributed by atoms with van der Waals surface area (Å²) in [4.78, 5) is 4.51. The summed E-state index contributed by atoms with van der Waals surface area (Å²) in [5.41, 5.74) is 8.07. The molecule has 0 radical (unpaired) electrons. The molecular weight excluding hydrogens is 164 g/mol. The lowest BCUT2D eigenvalue weighted by molar-refractivity contribution is 0.198. The molecule has 0 spiro atoms. The lowest BCUT2D eigenvalue weighted by Crippen LogP contribution is -2.43. The Morgan fingerprint density at radius 2 is 2.15 bits per heavy atom. The minimum atomic E-state index is 0.685. The first-order valence-electron chi connectivity index (χ1n) is 4.68. The Bertz CT molecular complexity index is 200. The largest absolute Gasteiger partial charge is 0.385 e. The van der Waals surface area contributed by atoms with Crippen LogP contribution in [0.2, 0.25) is 0 Å². The van der Waals surface area contributed by atoms with E-state index in [0.29, 0.717) is 6.54 Å². The van der Waals surface area contributed by atoms with Crippen molar-refractivity contribution in [1.82, 2.24) is 15.1 Å². The molecule has 0 saturated carbocycles. The third kappa shape index (κ3) is 2.60. The topological polar surface area (TPSA) is 44.5 Å². The second-order valence-electron chi connectivity index (χ2n) is 3.63. The van der Waals surface area contributed by atoms with Crippen molar-refractivity contribution in [1.29, 1.82) is 0 Å². The maximum Gasteiger partial charge on any atom is 0.0702 e. The zero-order valence-electron chi connectivity index (χ0n) is 8.80. The van der Waals surface area contributed by atoms with Crippen LogP contribution in [-0.2, 0) is 0 Å². The molecule has 1 rings (SSSR count). The molecule has 0 amide bonds. The van der Waals surface area contributed by atoms with Gasteiger partial charge in [-0.15, -0.1) is 0 Å². The Morgan fingerprint density at radius 1 is 1.46 bits per heavy atom.